The van der Waals surface area contributed by atoms with E-state index in [4.69, 9.17) is 4.74 Å². The molecule has 3 aromatic rings. The summed E-state index contributed by atoms with van der Waals surface area (Å²) in [6, 6.07) is 19.6. The fourth-order valence-corrected chi connectivity index (χ4v) is 4.55. The summed E-state index contributed by atoms with van der Waals surface area (Å²) in [5.41, 5.74) is 6.65. The molecule has 0 radical (unpaired) electrons. The fraction of sp³-hybridized carbons (Fsp3) is 0.280. The minimum absolute atomic E-state index is 0.303. The normalized spacial score (nSPS) is 17.7. The van der Waals surface area contributed by atoms with Gasteiger partial charge < -0.3 is 9.84 Å². The molecule has 0 aliphatic heterocycles. The molecular weight excluding hydrogens is 362 g/mol. The van der Waals surface area contributed by atoms with Crippen LogP contribution in [-0.4, -0.2) is 12.2 Å². The Kier molecular flexibility index (Phi) is 5.34. The van der Waals surface area contributed by atoms with Gasteiger partial charge >= 0.3 is 0 Å². The second-order valence-electron chi connectivity index (χ2n) is 7.91. The largest absolute Gasteiger partial charge is 0.508 e. The van der Waals surface area contributed by atoms with Gasteiger partial charge in [0.1, 0.15) is 17.2 Å². The van der Waals surface area contributed by atoms with Crippen LogP contribution in [0, 0.1) is 17.7 Å². The standard InChI is InChI=1S/C25H25NO3/c1-16-11-22(27)8-6-18(16)13-20-14-19-5-7-21(26-28)15-25(19)24(20)12-17-3-9-23(29-2)10-4-17/h3-11,15,20,24,27H,12-14H2,1-2H3. The Hall–Kier alpha value is -3.14. The molecule has 29 heavy (non-hydrogen) atoms. The van der Waals surface area contributed by atoms with Crippen LogP contribution in [0.15, 0.2) is 65.8 Å². The average molecular weight is 387 g/mol. The molecule has 0 fully saturated rings. The highest BCUT2D eigenvalue weighted by atomic mass is 16.5. The lowest BCUT2D eigenvalue weighted by atomic mass is 9.82. The molecule has 0 saturated heterocycles. The van der Waals surface area contributed by atoms with E-state index in [0.29, 0.717) is 23.3 Å². The van der Waals surface area contributed by atoms with E-state index in [9.17, 15) is 10.0 Å². The van der Waals surface area contributed by atoms with Crippen LogP contribution in [-0.2, 0) is 19.3 Å². The monoisotopic (exact) mass is 387 g/mol. The Morgan fingerprint density at radius 3 is 2.52 bits per heavy atom. The number of methoxy groups -OCH3 is 1. The number of fused-ring (bicyclic) bond motifs is 1. The predicted octanol–water partition coefficient (Wildman–Crippen LogP) is 5.85. The van der Waals surface area contributed by atoms with Crippen molar-refractivity contribution in [2.75, 3.05) is 7.11 Å². The molecular formula is C25H25NO3. The number of benzene rings is 3. The zero-order valence-electron chi connectivity index (χ0n) is 16.8. The van der Waals surface area contributed by atoms with Gasteiger partial charge in [-0.1, -0.05) is 24.3 Å². The van der Waals surface area contributed by atoms with E-state index in [2.05, 4.69) is 23.4 Å². The molecule has 2 atom stereocenters. The number of aromatic hydroxyl groups is 1. The van der Waals surface area contributed by atoms with Crippen molar-refractivity contribution >= 4 is 5.69 Å². The predicted molar refractivity (Wildman–Crippen MR) is 115 cm³/mol. The third-order valence-corrected chi connectivity index (χ3v) is 6.11. The van der Waals surface area contributed by atoms with E-state index >= 15 is 0 Å². The molecule has 4 rings (SSSR count). The summed E-state index contributed by atoms with van der Waals surface area (Å²) in [6.45, 7) is 2.05. The van der Waals surface area contributed by atoms with E-state index < -0.39 is 0 Å². The molecule has 0 saturated carbocycles. The number of nitroso groups, excluding NO2 is 1. The molecule has 4 nitrogen and oxygen atoms in total. The zero-order chi connectivity index (χ0) is 20.4. The number of phenolic OH excluding ortho intramolecular Hbond substituents is 1. The number of hydrogen-bond donors (Lipinski definition) is 1. The van der Waals surface area contributed by atoms with Gasteiger partial charge in [-0.25, -0.2) is 0 Å². The summed E-state index contributed by atoms with van der Waals surface area (Å²) < 4.78 is 5.28. The summed E-state index contributed by atoms with van der Waals surface area (Å²) in [5.74, 6) is 1.90. The summed E-state index contributed by atoms with van der Waals surface area (Å²) in [5, 5.41) is 12.9. The summed E-state index contributed by atoms with van der Waals surface area (Å²) in [4.78, 5) is 11.1. The van der Waals surface area contributed by atoms with Crippen molar-refractivity contribution in [1.29, 1.82) is 0 Å². The number of hydrogen-bond acceptors (Lipinski definition) is 4. The lowest BCUT2D eigenvalue weighted by molar-refractivity contribution is 0.414. The number of aryl methyl sites for hydroxylation is 1. The Morgan fingerprint density at radius 2 is 1.83 bits per heavy atom. The molecule has 0 aromatic heterocycles. The summed E-state index contributed by atoms with van der Waals surface area (Å²) in [7, 11) is 1.67. The highest BCUT2D eigenvalue weighted by Gasteiger charge is 2.33. The molecule has 0 amide bonds. The van der Waals surface area contributed by atoms with Gasteiger partial charge in [0.15, 0.2) is 0 Å². The fourth-order valence-electron chi connectivity index (χ4n) is 4.55. The maximum absolute atomic E-state index is 11.1. The molecule has 2 unspecified atom stereocenters. The molecule has 0 spiro atoms. The third kappa shape index (κ3) is 4.02. The minimum Gasteiger partial charge on any atom is -0.508 e. The quantitative estimate of drug-likeness (QED) is 0.540. The minimum atomic E-state index is 0.303. The first-order valence-electron chi connectivity index (χ1n) is 9.95. The highest BCUT2D eigenvalue weighted by molar-refractivity contribution is 5.49. The SMILES string of the molecule is COc1ccc(CC2c3cc(N=O)ccc3CC2Cc2ccc(O)cc2C)cc1. The summed E-state index contributed by atoms with van der Waals surface area (Å²) >= 11 is 0. The van der Waals surface area contributed by atoms with Gasteiger partial charge in [-0.05, 0) is 107 Å². The number of phenols is 1. The van der Waals surface area contributed by atoms with Crippen LogP contribution in [0.25, 0.3) is 0 Å². The maximum atomic E-state index is 11.1. The van der Waals surface area contributed by atoms with Crippen molar-refractivity contribution in [2.24, 2.45) is 11.1 Å². The number of rotatable bonds is 6. The first-order chi connectivity index (χ1) is 14.1. The van der Waals surface area contributed by atoms with Crippen LogP contribution in [0.3, 0.4) is 0 Å². The smallest absolute Gasteiger partial charge is 0.118 e. The lowest BCUT2D eigenvalue weighted by Crippen LogP contribution is -2.14. The van der Waals surface area contributed by atoms with Crippen molar-refractivity contribution in [3.05, 3.63) is 93.4 Å². The molecule has 4 heteroatoms. The third-order valence-electron chi connectivity index (χ3n) is 6.11. The lowest BCUT2D eigenvalue weighted by Gasteiger charge is -2.22. The summed E-state index contributed by atoms with van der Waals surface area (Å²) in [6.07, 6.45) is 2.82. The Morgan fingerprint density at radius 1 is 1.03 bits per heavy atom. The molecule has 0 bridgehead atoms. The first kappa shape index (κ1) is 19.2. The van der Waals surface area contributed by atoms with Crippen LogP contribution < -0.4 is 4.74 Å². The van der Waals surface area contributed by atoms with Gasteiger partial charge in [-0.3, -0.25) is 0 Å². The van der Waals surface area contributed by atoms with Crippen molar-refractivity contribution in [1.82, 2.24) is 0 Å². The van der Waals surface area contributed by atoms with Gasteiger partial charge in [0.2, 0.25) is 0 Å². The van der Waals surface area contributed by atoms with Gasteiger partial charge in [-0.2, -0.15) is 0 Å². The molecule has 148 valence electrons. The van der Waals surface area contributed by atoms with Gasteiger partial charge in [0.25, 0.3) is 0 Å². The molecule has 0 heterocycles. The van der Waals surface area contributed by atoms with Crippen LogP contribution in [0.2, 0.25) is 0 Å². The van der Waals surface area contributed by atoms with Gasteiger partial charge in [-0.15, -0.1) is 4.91 Å². The second-order valence-corrected chi connectivity index (χ2v) is 7.91. The average Bonchev–Trinajstić information content (AvgIpc) is 3.07. The first-order valence-corrected chi connectivity index (χ1v) is 9.95. The Bertz CT molecular complexity index is 1030. The van der Waals surface area contributed by atoms with Gasteiger partial charge in [0, 0.05) is 0 Å². The van der Waals surface area contributed by atoms with Gasteiger partial charge in [0.05, 0.1) is 7.11 Å². The second kappa shape index (κ2) is 8.08. The maximum Gasteiger partial charge on any atom is 0.118 e. The van der Waals surface area contributed by atoms with Crippen molar-refractivity contribution in [3.63, 3.8) is 0 Å². The van der Waals surface area contributed by atoms with Crippen molar-refractivity contribution < 1.29 is 9.84 Å². The topological polar surface area (TPSA) is 58.9 Å². The van der Waals surface area contributed by atoms with Crippen LogP contribution in [0.1, 0.15) is 33.7 Å². The van der Waals surface area contributed by atoms with E-state index in [1.54, 1.807) is 13.2 Å². The van der Waals surface area contributed by atoms with Crippen LogP contribution in [0.4, 0.5) is 5.69 Å². The number of nitrogens with zero attached hydrogens (tertiary/aromatic N) is 1. The van der Waals surface area contributed by atoms with Crippen LogP contribution in [0.5, 0.6) is 11.5 Å². The van der Waals surface area contributed by atoms with Crippen molar-refractivity contribution in [3.8, 4) is 11.5 Å². The van der Waals surface area contributed by atoms with E-state index in [-0.39, 0.29) is 0 Å². The molecule has 3 aromatic carbocycles. The molecule has 1 N–H and O–H groups in total. The Labute approximate surface area is 171 Å². The number of ether oxygens (including phenoxy) is 1. The Balaban J connectivity index is 1.66. The van der Waals surface area contributed by atoms with E-state index in [0.717, 1.165) is 30.6 Å². The van der Waals surface area contributed by atoms with E-state index in [1.807, 2.05) is 43.3 Å². The van der Waals surface area contributed by atoms with E-state index in [1.165, 1.54) is 22.3 Å². The highest BCUT2D eigenvalue weighted by Crippen LogP contribution is 2.43. The van der Waals surface area contributed by atoms with Crippen molar-refractivity contribution in [2.45, 2.75) is 32.1 Å². The zero-order valence-corrected chi connectivity index (χ0v) is 16.8. The van der Waals surface area contributed by atoms with Crippen LogP contribution >= 0.6 is 0 Å². The molecule has 1 aliphatic carbocycles. The molecule has 1 aliphatic rings.